The number of amides is 1. The van der Waals surface area contributed by atoms with Gasteiger partial charge in [-0.2, -0.15) is 15.6 Å². The van der Waals surface area contributed by atoms with E-state index in [9.17, 15) is 4.79 Å². The average Bonchev–Trinajstić information content (AvgIpc) is 3.13. The summed E-state index contributed by atoms with van der Waals surface area (Å²) in [4.78, 5) is 12.9. The summed E-state index contributed by atoms with van der Waals surface area (Å²) in [6, 6.07) is 15.7. The van der Waals surface area contributed by atoms with Gasteiger partial charge in [-0.05, 0) is 42.3 Å². The molecular weight excluding hydrogens is 374 g/mol. The van der Waals surface area contributed by atoms with Crippen LogP contribution < -0.4 is 5.32 Å². The summed E-state index contributed by atoms with van der Waals surface area (Å²) in [5.74, 6) is -0.316. The zero-order valence-electron chi connectivity index (χ0n) is 15.3. The van der Waals surface area contributed by atoms with Gasteiger partial charge < -0.3 is 5.32 Å². The van der Waals surface area contributed by atoms with Crippen molar-refractivity contribution in [3.8, 4) is 17.8 Å². The molecule has 1 aromatic heterocycles. The van der Waals surface area contributed by atoms with Crippen LogP contribution in [-0.2, 0) is 0 Å². The molecule has 0 atom stereocenters. The summed E-state index contributed by atoms with van der Waals surface area (Å²) >= 11 is 6.09. The predicted molar refractivity (Wildman–Crippen MR) is 106 cm³/mol. The molecule has 3 aromatic rings. The van der Waals surface area contributed by atoms with Crippen molar-refractivity contribution in [2.75, 3.05) is 5.32 Å². The van der Waals surface area contributed by atoms with Gasteiger partial charge in [-0.15, -0.1) is 0 Å². The second kappa shape index (κ2) is 7.96. The fraction of sp³-hybridized carbons (Fsp3) is 0.143. The van der Waals surface area contributed by atoms with Gasteiger partial charge in [0.15, 0.2) is 0 Å². The lowest BCUT2D eigenvalue weighted by molar-refractivity contribution is 0.102. The highest BCUT2D eigenvalue weighted by Gasteiger charge is 2.21. The maximum atomic E-state index is 12.9. The van der Waals surface area contributed by atoms with Crippen LogP contribution in [0.15, 0.2) is 48.7 Å². The van der Waals surface area contributed by atoms with E-state index in [1.807, 2.05) is 38.1 Å². The van der Waals surface area contributed by atoms with Crippen LogP contribution in [0.4, 0.5) is 5.69 Å². The van der Waals surface area contributed by atoms with E-state index in [0.29, 0.717) is 16.3 Å². The van der Waals surface area contributed by atoms with Crippen molar-refractivity contribution < 1.29 is 4.79 Å². The Balaban J connectivity index is 1.97. The number of nitrogens with zero attached hydrogens (tertiary/aromatic N) is 4. The van der Waals surface area contributed by atoms with Crippen LogP contribution >= 0.6 is 11.6 Å². The molecule has 0 unspecified atom stereocenters. The number of nitrogens with one attached hydrogen (secondary N) is 1. The van der Waals surface area contributed by atoms with Gasteiger partial charge in [0, 0.05) is 10.7 Å². The molecule has 0 fully saturated rings. The van der Waals surface area contributed by atoms with E-state index in [1.165, 1.54) is 18.3 Å². The molecule has 28 heavy (non-hydrogen) atoms. The molecule has 0 aliphatic rings. The summed E-state index contributed by atoms with van der Waals surface area (Å²) in [6.45, 7) is 3.95. The molecule has 0 aliphatic heterocycles. The van der Waals surface area contributed by atoms with E-state index >= 15 is 0 Å². The van der Waals surface area contributed by atoms with Crippen molar-refractivity contribution in [1.82, 2.24) is 9.78 Å². The van der Waals surface area contributed by atoms with Crippen molar-refractivity contribution in [3.05, 3.63) is 76.1 Å². The van der Waals surface area contributed by atoms with Crippen LogP contribution in [0.5, 0.6) is 0 Å². The first-order chi connectivity index (χ1) is 13.4. The molecule has 6 nitrogen and oxygen atoms in total. The smallest absolute Gasteiger partial charge is 0.259 e. The molecule has 1 heterocycles. The Morgan fingerprint density at radius 3 is 2.54 bits per heavy atom. The van der Waals surface area contributed by atoms with E-state index < -0.39 is 0 Å². The monoisotopic (exact) mass is 389 g/mol. The normalized spacial score (nSPS) is 10.4. The number of hydrogen-bond acceptors (Lipinski definition) is 4. The maximum absolute atomic E-state index is 12.9. The van der Waals surface area contributed by atoms with Gasteiger partial charge in [0.2, 0.25) is 0 Å². The Bertz CT molecular complexity index is 1130. The zero-order chi connectivity index (χ0) is 20.3. The number of carbonyl (C=O) groups is 1. The number of hydrogen-bond donors (Lipinski definition) is 1. The highest BCUT2D eigenvalue weighted by Crippen LogP contribution is 2.25. The van der Waals surface area contributed by atoms with Crippen LogP contribution in [0.25, 0.3) is 5.69 Å². The molecular formula is C21H16ClN5O. The SMILES string of the molecule is CC(C)c1c(C(=O)Nc2ccc(C#N)c(C#N)c2)cnn1-c1cccc(Cl)c1. The molecule has 0 bridgehead atoms. The van der Waals surface area contributed by atoms with Crippen LogP contribution in [0.1, 0.15) is 46.9 Å². The van der Waals surface area contributed by atoms with Gasteiger partial charge in [0.05, 0.1) is 34.3 Å². The quantitative estimate of drug-likeness (QED) is 0.702. The van der Waals surface area contributed by atoms with Gasteiger partial charge in [0.1, 0.15) is 12.1 Å². The van der Waals surface area contributed by atoms with E-state index in [1.54, 1.807) is 22.9 Å². The Morgan fingerprint density at radius 1 is 1.14 bits per heavy atom. The Kier molecular flexibility index (Phi) is 5.44. The van der Waals surface area contributed by atoms with E-state index in [4.69, 9.17) is 22.1 Å². The van der Waals surface area contributed by atoms with Gasteiger partial charge >= 0.3 is 0 Å². The van der Waals surface area contributed by atoms with Crippen molar-refractivity contribution in [2.24, 2.45) is 0 Å². The molecule has 1 N–H and O–H groups in total. The third kappa shape index (κ3) is 3.73. The molecule has 2 aromatic carbocycles. The fourth-order valence-electron chi connectivity index (χ4n) is 2.91. The number of benzene rings is 2. The summed E-state index contributed by atoms with van der Waals surface area (Å²) in [5, 5.41) is 25.9. The molecule has 3 rings (SSSR count). The second-order valence-corrected chi connectivity index (χ2v) is 6.86. The number of rotatable bonds is 4. The highest BCUT2D eigenvalue weighted by molar-refractivity contribution is 6.30. The lowest BCUT2D eigenvalue weighted by Crippen LogP contribution is -2.15. The van der Waals surface area contributed by atoms with Gasteiger partial charge in [-0.25, -0.2) is 4.68 Å². The number of carbonyl (C=O) groups excluding carboxylic acids is 1. The van der Waals surface area contributed by atoms with Crippen LogP contribution in [0.3, 0.4) is 0 Å². The standard InChI is InChI=1S/C21H16ClN5O/c1-13(2)20-19(12-25-27(20)18-5-3-4-16(22)9-18)21(28)26-17-7-6-14(10-23)15(8-17)11-24/h3-9,12-13H,1-2H3,(H,26,28). The number of nitriles is 2. The zero-order valence-corrected chi connectivity index (χ0v) is 16.0. The topological polar surface area (TPSA) is 94.5 Å². The van der Waals surface area contributed by atoms with Crippen molar-refractivity contribution in [1.29, 1.82) is 10.5 Å². The van der Waals surface area contributed by atoms with Crippen LogP contribution in [0.2, 0.25) is 5.02 Å². The summed E-state index contributed by atoms with van der Waals surface area (Å²) < 4.78 is 1.70. The minimum Gasteiger partial charge on any atom is -0.322 e. The summed E-state index contributed by atoms with van der Waals surface area (Å²) in [5.41, 5.74) is 2.84. The molecule has 0 saturated heterocycles. The highest BCUT2D eigenvalue weighted by atomic mass is 35.5. The Labute approximate surface area is 167 Å². The summed E-state index contributed by atoms with van der Waals surface area (Å²) in [7, 11) is 0. The third-order valence-electron chi connectivity index (χ3n) is 4.17. The largest absolute Gasteiger partial charge is 0.322 e. The van der Waals surface area contributed by atoms with E-state index in [2.05, 4.69) is 10.4 Å². The molecule has 0 spiro atoms. The lowest BCUT2D eigenvalue weighted by Gasteiger charge is -2.13. The van der Waals surface area contributed by atoms with Gasteiger partial charge in [-0.3, -0.25) is 4.79 Å². The molecule has 7 heteroatoms. The van der Waals surface area contributed by atoms with Crippen LogP contribution in [0, 0.1) is 22.7 Å². The van der Waals surface area contributed by atoms with Gasteiger partial charge in [-0.1, -0.05) is 31.5 Å². The van der Waals surface area contributed by atoms with Crippen molar-refractivity contribution in [3.63, 3.8) is 0 Å². The fourth-order valence-corrected chi connectivity index (χ4v) is 3.10. The third-order valence-corrected chi connectivity index (χ3v) is 4.40. The Morgan fingerprint density at radius 2 is 1.89 bits per heavy atom. The molecule has 1 amide bonds. The predicted octanol–water partition coefficient (Wildman–Crippen LogP) is 4.64. The first-order valence-corrected chi connectivity index (χ1v) is 8.92. The van der Waals surface area contributed by atoms with Crippen molar-refractivity contribution in [2.45, 2.75) is 19.8 Å². The molecule has 0 saturated carbocycles. The maximum Gasteiger partial charge on any atom is 0.259 e. The Hall–Kier alpha value is -3.61. The first-order valence-electron chi connectivity index (χ1n) is 8.54. The number of halogens is 1. The minimum atomic E-state index is -0.342. The molecule has 0 radical (unpaired) electrons. The summed E-state index contributed by atoms with van der Waals surface area (Å²) in [6.07, 6.45) is 1.51. The number of anilines is 1. The van der Waals surface area contributed by atoms with Gasteiger partial charge in [0.25, 0.3) is 5.91 Å². The number of aromatic nitrogens is 2. The van der Waals surface area contributed by atoms with E-state index in [-0.39, 0.29) is 23.0 Å². The van der Waals surface area contributed by atoms with Crippen LogP contribution in [-0.4, -0.2) is 15.7 Å². The lowest BCUT2D eigenvalue weighted by atomic mass is 10.0. The molecule has 0 aliphatic carbocycles. The van der Waals surface area contributed by atoms with E-state index in [0.717, 1.165) is 11.4 Å². The molecule has 138 valence electrons. The first kappa shape index (κ1) is 19.2. The van der Waals surface area contributed by atoms with Crippen molar-refractivity contribution >= 4 is 23.2 Å². The minimum absolute atomic E-state index is 0.0258. The average molecular weight is 390 g/mol. The second-order valence-electron chi connectivity index (χ2n) is 6.43.